The summed E-state index contributed by atoms with van der Waals surface area (Å²) in [6, 6.07) is 16.0. The van der Waals surface area contributed by atoms with E-state index in [1.807, 2.05) is 36.4 Å². The summed E-state index contributed by atoms with van der Waals surface area (Å²) >= 11 is 0. The molecule has 2 aromatic carbocycles. The molecule has 2 saturated heterocycles. The van der Waals surface area contributed by atoms with E-state index in [-0.39, 0.29) is 5.91 Å². The van der Waals surface area contributed by atoms with Gasteiger partial charge in [0.05, 0.1) is 12.7 Å². The Morgan fingerprint density at radius 1 is 0.971 bits per heavy atom. The lowest BCUT2D eigenvalue weighted by Gasteiger charge is -2.44. The van der Waals surface area contributed by atoms with Gasteiger partial charge in [0.15, 0.2) is 0 Å². The van der Waals surface area contributed by atoms with Crippen molar-refractivity contribution in [2.45, 2.75) is 51.6 Å². The van der Waals surface area contributed by atoms with Gasteiger partial charge in [-0.25, -0.2) is 0 Å². The molecule has 0 aromatic heterocycles. The highest BCUT2D eigenvalue weighted by Crippen LogP contribution is 2.41. The highest BCUT2D eigenvalue weighted by Gasteiger charge is 2.34. The number of β-amino-alcohol motifs (C(OH)–C–C–N with tert-alkyl or cyclic N) is 1. The third-order valence-electron chi connectivity index (χ3n) is 8.13. The van der Waals surface area contributed by atoms with Gasteiger partial charge in [0.25, 0.3) is 5.91 Å². The maximum Gasteiger partial charge on any atom is 0.253 e. The maximum atomic E-state index is 12.6. The summed E-state index contributed by atoms with van der Waals surface area (Å²) in [7, 11) is 0. The van der Waals surface area contributed by atoms with Crippen molar-refractivity contribution >= 4 is 5.91 Å². The van der Waals surface area contributed by atoms with Crippen LogP contribution in [0.2, 0.25) is 0 Å². The van der Waals surface area contributed by atoms with E-state index in [4.69, 9.17) is 4.74 Å². The van der Waals surface area contributed by atoms with Gasteiger partial charge in [-0.1, -0.05) is 37.6 Å². The number of carbonyl (C=O) groups is 1. The second kappa shape index (κ2) is 10.1. The van der Waals surface area contributed by atoms with Crippen molar-refractivity contribution in [3.63, 3.8) is 0 Å². The Bertz CT molecular complexity index is 960. The number of ether oxygens (including phenoxy) is 1. The molecule has 1 saturated carbocycles. The van der Waals surface area contributed by atoms with E-state index in [2.05, 4.69) is 24.0 Å². The van der Waals surface area contributed by atoms with Crippen LogP contribution in [0.4, 0.5) is 0 Å². The van der Waals surface area contributed by atoms with Crippen molar-refractivity contribution in [2.75, 3.05) is 39.3 Å². The molecule has 3 fully saturated rings. The average Bonchev–Trinajstić information content (AvgIpc) is 3.29. The maximum absolute atomic E-state index is 12.6. The van der Waals surface area contributed by atoms with Crippen molar-refractivity contribution in [3.05, 3.63) is 54.1 Å². The fourth-order valence-corrected chi connectivity index (χ4v) is 5.66. The first-order valence-corrected chi connectivity index (χ1v) is 13.0. The minimum absolute atomic E-state index is 0.00470. The van der Waals surface area contributed by atoms with E-state index in [1.165, 1.54) is 51.7 Å². The van der Waals surface area contributed by atoms with Crippen LogP contribution in [0.5, 0.6) is 5.75 Å². The zero-order valence-corrected chi connectivity index (χ0v) is 20.4. The molecule has 5 rings (SSSR count). The van der Waals surface area contributed by atoms with Crippen molar-refractivity contribution in [3.8, 4) is 16.9 Å². The molecule has 0 radical (unpaired) electrons. The van der Waals surface area contributed by atoms with E-state index in [9.17, 15) is 9.90 Å². The third-order valence-corrected chi connectivity index (χ3v) is 8.13. The molecule has 1 aliphatic carbocycles. The van der Waals surface area contributed by atoms with Gasteiger partial charge in [-0.3, -0.25) is 4.79 Å². The smallest absolute Gasteiger partial charge is 0.253 e. The average molecular weight is 463 g/mol. The number of nitrogens with zero attached hydrogens (tertiary/aromatic N) is 2. The molecule has 1 amide bonds. The van der Waals surface area contributed by atoms with Crippen LogP contribution in [0.3, 0.4) is 0 Å². The van der Waals surface area contributed by atoms with E-state index in [0.29, 0.717) is 36.4 Å². The Labute approximate surface area is 203 Å². The molecule has 0 bridgehead atoms. The number of benzene rings is 2. The first kappa shape index (κ1) is 23.4. The van der Waals surface area contributed by atoms with Crippen LogP contribution in [-0.4, -0.2) is 66.2 Å². The number of hydrogen-bond donors (Lipinski definition) is 1. The topological polar surface area (TPSA) is 53.0 Å². The standard InChI is InChI=1S/C29H38N2O3/c1-29(14-2-15-29)21-30-16-11-22(12-17-30)20-34-27-9-7-24(8-10-27)23-3-5-25(6-4-23)28(33)31-18-13-26(32)19-31/h3-10,22,26,32H,2,11-21H2,1H3/t26-/m0/s1. The minimum Gasteiger partial charge on any atom is -0.493 e. The van der Waals surface area contributed by atoms with Gasteiger partial charge in [-0.05, 0) is 91.9 Å². The van der Waals surface area contributed by atoms with E-state index in [1.54, 1.807) is 4.90 Å². The molecular formula is C29H38N2O3. The molecule has 3 aliphatic rings. The van der Waals surface area contributed by atoms with Gasteiger partial charge in [0.1, 0.15) is 5.75 Å². The Morgan fingerprint density at radius 2 is 1.62 bits per heavy atom. The first-order chi connectivity index (χ1) is 16.5. The Kier molecular flexibility index (Phi) is 6.94. The van der Waals surface area contributed by atoms with Crippen LogP contribution in [0, 0.1) is 11.3 Å². The van der Waals surface area contributed by atoms with Crippen LogP contribution < -0.4 is 4.74 Å². The lowest BCUT2D eigenvalue weighted by molar-refractivity contribution is 0.0564. The normalized spacial score (nSPS) is 23.0. The number of aliphatic hydroxyl groups is 1. The third kappa shape index (κ3) is 5.47. The monoisotopic (exact) mass is 462 g/mol. The van der Waals surface area contributed by atoms with Gasteiger partial charge < -0.3 is 19.6 Å². The molecule has 1 N–H and O–H groups in total. The number of piperidine rings is 1. The van der Waals surface area contributed by atoms with Crippen LogP contribution in [0.15, 0.2) is 48.5 Å². The Hall–Kier alpha value is -2.37. The lowest BCUT2D eigenvalue weighted by atomic mass is 9.70. The molecule has 34 heavy (non-hydrogen) atoms. The van der Waals surface area contributed by atoms with Crippen LogP contribution in [0.25, 0.3) is 11.1 Å². The molecule has 1 atom stereocenters. The summed E-state index contributed by atoms with van der Waals surface area (Å²) in [4.78, 5) is 17.0. The van der Waals surface area contributed by atoms with Crippen molar-refractivity contribution < 1.29 is 14.6 Å². The summed E-state index contributed by atoms with van der Waals surface area (Å²) in [6.07, 6.45) is 6.95. The zero-order valence-electron chi connectivity index (χ0n) is 20.4. The van der Waals surface area contributed by atoms with Crippen molar-refractivity contribution in [1.82, 2.24) is 9.80 Å². The quantitative estimate of drug-likeness (QED) is 0.640. The fourth-order valence-electron chi connectivity index (χ4n) is 5.66. The van der Waals surface area contributed by atoms with Gasteiger partial charge in [0.2, 0.25) is 0 Å². The van der Waals surface area contributed by atoms with E-state index in [0.717, 1.165) is 23.5 Å². The summed E-state index contributed by atoms with van der Waals surface area (Å²) in [5, 5.41) is 9.67. The predicted molar refractivity (Wildman–Crippen MR) is 135 cm³/mol. The number of rotatable bonds is 7. The Morgan fingerprint density at radius 3 is 2.18 bits per heavy atom. The second-order valence-corrected chi connectivity index (χ2v) is 11.0. The summed E-state index contributed by atoms with van der Waals surface area (Å²) < 4.78 is 6.13. The summed E-state index contributed by atoms with van der Waals surface area (Å²) in [6.45, 7) is 8.00. The molecule has 5 nitrogen and oxygen atoms in total. The number of amides is 1. The molecule has 5 heteroatoms. The second-order valence-electron chi connectivity index (χ2n) is 11.0. The minimum atomic E-state index is -0.391. The van der Waals surface area contributed by atoms with Crippen LogP contribution >= 0.6 is 0 Å². The fraction of sp³-hybridized carbons (Fsp3) is 0.552. The number of likely N-dealkylation sites (tertiary alicyclic amines) is 2. The molecule has 2 aliphatic heterocycles. The molecule has 0 spiro atoms. The van der Waals surface area contributed by atoms with E-state index < -0.39 is 6.10 Å². The number of aliphatic hydroxyl groups excluding tert-OH is 1. The van der Waals surface area contributed by atoms with Crippen molar-refractivity contribution in [2.24, 2.45) is 11.3 Å². The number of hydrogen-bond acceptors (Lipinski definition) is 4. The molecule has 0 unspecified atom stereocenters. The highest BCUT2D eigenvalue weighted by atomic mass is 16.5. The van der Waals surface area contributed by atoms with Gasteiger partial charge >= 0.3 is 0 Å². The van der Waals surface area contributed by atoms with Crippen LogP contribution in [-0.2, 0) is 0 Å². The summed E-state index contributed by atoms with van der Waals surface area (Å²) in [5.74, 6) is 1.56. The Balaban J connectivity index is 1.09. The van der Waals surface area contributed by atoms with Gasteiger partial charge in [-0.2, -0.15) is 0 Å². The van der Waals surface area contributed by atoms with Gasteiger partial charge in [-0.15, -0.1) is 0 Å². The largest absolute Gasteiger partial charge is 0.493 e. The predicted octanol–water partition coefficient (Wildman–Crippen LogP) is 4.84. The van der Waals surface area contributed by atoms with E-state index >= 15 is 0 Å². The summed E-state index contributed by atoms with van der Waals surface area (Å²) in [5.41, 5.74) is 3.45. The molecule has 182 valence electrons. The first-order valence-electron chi connectivity index (χ1n) is 13.0. The number of carbonyl (C=O) groups excluding carboxylic acids is 1. The van der Waals surface area contributed by atoms with Gasteiger partial charge in [0, 0.05) is 25.2 Å². The lowest BCUT2D eigenvalue weighted by Crippen LogP contribution is -2.44. The molecule has 2 heterocycles. The zero-order chi connectivity index (χ0) is 23.5. The molecule has 2 aromatic rings. The van der Waals surface area contributed by atoms with Crippen LogP contribution in [0.1, 0.15) is 55.8 Å². The molecular weight excluding hydrogens is 424 g/mol. The van der Waals surface area contributed by atoms with Crippen molar-refractivity contribution in [1.29, 1.82) is 0 Å². The SMILES string of the molecule is CC1(CN2CCC(COc3ccc(-c4ccc(C(=O)N5CC[C@H](O)C5)cc4)cc3)CC2)CCC1. The highest BCUT2D eigenvalue weighted by molar-refractivity contribution is 5.95.